The Morgan fingerprint density at radius 2 is 1.55 bits per heavy atom. The van der Waals surface area contributed by atoms with Crippen molar-refractivity contribution in [1.82, 2.24) is 0 Å². The molecule has 0 aromatic carbocycles. The summed E-state index contributed by atoms with van der Waals surface area (Å²) in [5, 5.41) is 0. The maximum Gasteiger partial charge on any atom is -1.00 e. The van der Waals surface area contributed by atoms with Gasteiger partial charge in [0, 0.05) is 0 Å². The predicted octanol–water partition coefficient (Wildman–Crippen LogP) is 2.87. The van der Waals surface area contributed by atoms with Crippen LogP contribution in [0.5, 0.6) is 0 Å². The normalized spacial score (nSPS) is 20.0. The van der Waals surface area contributed by atoms with Crippen molar-refractivity contribution in [2.45, 2.75) is 12.8 Å². The molecule has 1 heteroatoms. The molecule has 0 saturated carbocycles. The smallest absolute Gasteiger partial charge is 1.00 e. The summed E-state index contributed by atoms with van der Waals surface area (Å²) in [6.07, 6.45) is 16.1. The Bertz CT molecular complexity index is 244. The molecule has 2 aliphatic rings. The molecule has 0 amide bonds. The van der Waals surface area contributed by atoms with Crippen molar-refractivity contribution >= 4 is 0 Å². The van der Waals surface area contributed by atoms with E-state index in [2.05, 4.69) is 36.5 Å². The van der Waals surface area contributed by atoms with Crippen molar-refractivity contribution in [1.29, 1.82) is 0 Å². The van der Waals surface area contributed by atoms with Gasteiger partial charge in [0.2, 0.25) is 0 Å². The van der Waals surface area contributed by atoms with Crippen molar-refractivity contribution in [3.05, 3.63) is 38.9 Å². The maximum atomic E-state index is 2.32. The molecule has 55 valence electrons. The molecule has 0 spiro atoms. The maximum absolute atomic E-state index is 2.32. The molecule has 0 nitrogen and oxygen atoms in total. The van der Waals surface area contributed by atoms with E-state index in [9.17, 15) is 0 Å². The van der Waals surface area contributed by atoms with E-state index < -0.39 is 36.7 Å². The molecule has 0 fully saturated rings. The first-order chi connectivity index (χ1) is 5.45. The minimum Gasteiger partial charge on any atom is -1.00 e. The Balaban J connectivity index is 0.000000720. The fraction of sp³-hybridized carbons (Fsp3) is 0.200. The Hall–Kier alpha value is 0.311. The van der Waals surface area contributed by atoms with Gasteiger partial charge in [-0.05, 0) is 0 Å². The molecule has 0 radical (unpaired) electrons. The number of hydrogen-bond acceptors (Lipinski definition) is 0. The van der Waals surface area contributed by atoms with Crippen LogP contribution in [-0.2, 0) is 0 Å². The molecule has 2 rings (SSSR count). The van der Waals surface area contributed by atoms with Crippen LogP contribution in [0.1, 0.15) is 14.3 Å². The van der Waals surface area contributed by atoms with Crippen LogP contribution in [0.4, 0.5) is 0 Å². The first-order valence-electron chi connectivity index (χ1n) is 3.93. The summed E-state index contributed by atoms with van der Waals surface area (Å²) in [4.78, 5) is 0. The van der Waals surface area contributed by atoms with Crippen molar-refractivity contribution in [2.24, 2.45) is 0 Å². The molecular weight excluding hydrogens is 264 g/mol. The van der Waals surface area contributed by atoms with E-state index in [4.69, 9.17) is 0 Å². The second kappa shape index (κ2) is 3.81. The summed E-state index contributed by atoms with van der Waals surface area (Å²) in [5.74, 6) is 0. The third-order valence-corrected chi connectivity index (χ3v) is 6.30. The Morgan fingerprint density at radius 1 is 1.00 bits per heavy atom. The zero-order chi connectivity index (χ0) is 7.52. The number of hydrogen-bond donors (Lipinski definition) is 0. The molecule has 0 heterocycles. The zero-order valence-electron chi connectivity index (χ0n) is 7.38. The van der Waals surface area contributed by atoms with Crippen LogP contribution >= 0.6 is 0 Å². The van der Waals surface area contributed by atoms with Crippen LogP contribution in [0.3, 0.4) is 0 Å². The van der Waals surface area contributed by atoms with Crippen molar-refractivity contribution in [3.63, 3.8) is 0 Å². The van der Waals surface area contributed by atoms with Gasteiger partial charge in [-0.25, -0.2) is 0 Å². The van der Waals surface area contributed by atoms with Crippen LogP contribution in [0.15, 0.2) is 38.9 Å². The van der Waals surface area contributed by atoms with Crippen molar-refractivity contribution in [2.75, 3.05) is 0 Å². The van der Waals surface area contributed by atoms with Crippen LogP contribution in [-0.4, -0.2) is 0 Å². The Labute approximate surface area is 88.9 Å². The van der Waals surface area contributed by atoms with Crippen molar-refractivity contribution in [3.8, 4) is 0 Å². The zero-order valence-corrected chi connectivity index (χ0v) is 9.59. The largest absolute Gasteiger partial charge is 1.00 e. The van der Waals surface area contributed by atoms with Crippen molar-refractivity contribution < 1.29 is 38.1 Å². The van der Waals surface area contributed by atoms with E-state index in [0.717, 1.165) is 0 Å². The molecule has 11 heavy (non-hydrogen) atoms. The molecule has 0 unspecified atom stereocenters. The van der Waals surface area contributed by atoms with Gasteiger partial charge in [0.1, 0.15) is 0 Å². The summed E-state index contributed by atoms with van der Waals surface area (Å²) in [5.41, 5.74) is 0. The second-order valence-electron chi connectivity index (χ2n) is 2.77. The molecule has 0 aliphatic heterocycles. The first-order valence-corrected chi connectivity index (χ1v) is 7.14. The van der Waals surface area contributed by atoms with Gasteiger partial charge >= 0.3 is 88.5 Å². The first kappa shape index (κ1) is 7.93. The van der Waals surface area contributed by atoms with E-state index in [1.54, 1.807) is 2.45 Å². The average Bonchev–Trinajstić information content (AvgIpc) is 2.60. The fourth-order valence-corrected chi connectivity index (χ4v) is 5.17. The summed E-state index contributed by atoms with van der Waals surface area (Å²) in [6.45, 7) is 0. The van der Waals surface area contributed by atoms with Crippen LogP contribution in [0, 0.1) is 36.7 Å². The second-order valence-corrected chi connectivity index (χ2v) is 7.70. The van der Waals surface area contributed by atoms with Crippen LogP contribution in [0.25, 0.3) is 0 Å². The van der Waals surface area contributed by atoms with E-state index >= 15 is 0 Å². The summed E-state index contributed by atoms with van der Waals surface area (Å²) >= 11 is -0.526. The van der Waals surface area contributed by atoms with Gasteiger partial charge in [0.15, 0.2) is 0 Å². The summed E-state index contributed by atoms with van der Waals surface area (Å²) < 4.78 is 3.50. The molecular formula is C10H11Nd. The molecule has 0 atom stereocenters. The van der Waals surface area contributed by atoms with E-state index in [-0.39, 0.29) is 1.43 Å². The van der Waals surface area contributed by atoms with Gasteiger partial charge in [0.25, 0.3) is 0 Å². The topological polar surface area (TPSA) is 0 Å². The third kappa shape index (κ3) is 2.12. The van der Waals surface area contributed by atoms with Gasteiger partial charge < -0.3 is 1.43 Å². The van der Waals surface area contributed by atoms with Gasteiger partial charge in [0.05, 0.1) is 0 Å². The number of rotatable bonds is 2. The SMILES string of the molecule is C1=CC[C]([Nd+][C]2=CC=CC2)=C1.[H-]. The third-order valence-electron chi connectivity index (χ3n) is 1.86. The predicted molar refractivity (Wildman–Crippen MR) is 44.8 cm³/mol. The Kier molecular flexibility index (Phi) is 2.75. The van der Waals surface area contributed by atoms with E-state index in [1.807, 2.05) is 0 Å². The van der Waals surface area contributed by atoms with Crippen LogP contribution < -0.4 is 0 Å². The monoisotopic (exact) mass is 273 g/mol. The van der Waals surface area contributed by atoms with E-state index in [1.165, 1.54) is 12.8 Å². The van der Waals surface area contributed by atoms with Gasteiger partial charge in [-0.1, -0.05) is 0 Å². The molecule has 0 aromatic rings. The van der Waals surface area contributed by atoms with Gasteiger partial charge in [-0.15, -0.1) is 0 Å². The van der Waals surface area contributed by atoms with Gasteiger partial charge in [-0.3, -0.25) is 0 Å². The molecule has 0 bridgehead atoms. The minimum atomic E-state index is -0.526. The average molecular weight is 275 g/mol. The minimum absolute atomic E-state index is 0. The molecule has 0 N–H and O–H groups in total. The van der Waals surface area contributed by atoms with Gasteiger partial charge in [-0.2, -0.15) is 0 Å². The number of allylic oxidation sites excluding steroid dienone is 8. The quantitative estimate of drug-likeness (QED) is 0.727. The molecule has 2 aliphatic carbocycles. The Morgan fingerprint density at radius 3 is 1.91 bits per heavy atom. The fourth-order valence-electron chi connectivity index (χ4n) is 1.29. The summed E-state index contributed by atoms with van der Waals surface area (Å²) in [7, 11) is 0. The van der Waals surface area contributed by atoms with Crippen LogP contribution in [0.2, 0.25) is 0 Å². The van der Waals surface area contributed by atoms with E-state index in [0.29, 0.717) is 0 Å². The molecule has 0 aromatic heterocycles. The molecule has 0 saturated heterocycles. The summed E-state index contributed by atoms with van der Waals surface area (Å²) in [6, 6.07) is 0. The standard InChI is InChI=1S/2C5H5.Nd.H/c2*1-2-4-5-3-1;;/h2*1-3H,4H2;;/q;;+1;-1.